The van der Waals surface area contributed by atoms with Crippen LogP contribution >= 0.6 is 0 Å². The van der Waals surface area contributed by atoms with E-state index >= 15 is 0 Å². The summed E-state index contributed by atoms with van der Waals surface area (Å²) in [7, 11) is -3.37. The number of carbonyl (C=O) groups is 1. The Balaban J connectivity index is 1.91. The van der Waals surface area contributed by atoms with Crippen LogP contribution in [0, 0.1) is 0 Å². The predicted octanol–water partition coefficient (Wildman–Crippen LogP) is 4.39. The van der Waals surface area contributed by atoms with Crippen LogP contribution in [0.1, 0.15) is 77.6 Å². The molecule has 0 saturated carbocycles. The third-order valence-corrected chi connectivity index (χ3v) is 6.01. The first kappa shape index (κ1) is 23.6. The lowest BCUT2D eigenvalue weighted by atomic mass is 10.1. The third kappa shape index (κ3) is 11.8. The summed E-state index contributed by atoms with van der Waals surface area (Å²) in [6.07, 6.45) is 11.5. The van der Waals surface area contributed by atoms with Crippen LogP contribution in [-0.2, 0) is 14.8 Å². The van der Waals surface area contributed by atoms with Crippen molar-refractivity contribution in [3.63, 3.8) is 0 Å². The average Bonchev–Trinajstić information content (AvgIpc) is 2.67. The molecule has 0 radical (unpaired) electrons. The van der Waals surface area contributed by atoms with Gasteiger partial charge in [-0.25, -0.2) is 13.1 Å². The molecule has 0 fully saturated rings. The Morgan fingerprint density at radius 1 is 0.815 bits per heavy atom. The van der Waals surface area contributed by atoms with Gasteiger partial charge in [0.2, 0.25) is 15.9 Å². The van der Waals surface area contributed by atoms with Gasteiger partial charge >= 0.3 is 0 Å². The molecule has 27 heavy (non-hydrogen) atoms. The van der Waals surface area contributed by atoms with Crippen molar-refractivity contribution < 1.29 is 13.2 Å². The molecule has 1 aromatic rings. The van der Waals surface area contributed by atoms with E-state index in [1.807, 2.05) is 0 Å². The third-order valence-electron chi connectivity index (χ3n) is 4.53. The van der Waals surface area contributed by atoms with Gasteiger partial charge in [-0.3, -0.25) is 4.79 Å². The van der Waals surface area contributed by atoms with E-state index in [9.17, 15) is 13.2 Å². The van der Waals surface area contributed by atoms with Crippen LogP contribution in [0.25, 0.3) is 0 Å². The number of sulfonamides is 1. The van der Waals surface area contributed by atoms with Crippen molar-refractivity contribution >= 4 is 15.9 Å². The summed E-state index contributed by atoms with van der Waals surface area (Å²) >= 11 is 0. The second-order valence-electron chi connectivity index (χ2n) is 6.99. The first-order valence-corrected chi connectivity index (χ1v) is 11.9. The molecule has 0 atom stereocenters. The van der Waals surface area contributed by atoms with E-state index in [2.05, 4.69) is 17.0 Å². The van der Waals surface area contributed by atoms with Gasteiger partial charge in [0, 0.05) is 19.5 Å². The molecular weight excluding hydrogens is 360 g/mol. The quantitative estimate of drug-likeness (QED) is 0.407. The zero-order valence-corrected chi connectivity index (χ0v) is 17.5. The molecule has 2 N–H and O–H groups in total. The predicted molar refractivity (Wildman–Crippen MR) is 111 cm³/mol. The Bertz CT molecular complexity index is 603. The standard InChI is InChI=1S/C21H36N2O3S/c1-2-3-18-22-21(24)17-13-8-6-4-5-7-9-14-19-23-27(25,26)20-15-11-10-12-16-20/h10-12,15-16,23H,2-9,13-14,17-19H2,1H3,(H,22,24). The van der Waals surface area contributed by atoms with Crippen molar-refractivity contribution in [2.75, 3.05) is 13.1 Å². The number of nitrogens with one attached hydrogen (secondary N) is 2. The minimum atomic E-state index is -3.37. The van der Waals surface area contributed by atoms with Gasteiger partial charge in [0.05, 0.1) is 4.90 Å². The molecule has 0 saturated heterocycles. The molecule has 0 heterocycles. The van der Waals surface area contributed by atoms with Gasteiger partial charge in [-0.1, -0.05) is 70.1 Å². The maximum Gasteiger partial charge on any atom is 0.240 e. The SMILES string of the molecule is CCCCNC(=O)CCCCCCCCCCNS(=O)(=O)c1ccccc1. The van der Waals surface area contributed by atoms with Crippen LogP contribution in [0.3, 0.4) is 0 Å². The molecule has 0 aliphatic carbocycles. The van der Waals surface area contributed by atoms with Crippen molar-refractivity contribution in [2.45, 2.75) is 82.4 Å². The van der Waals surface area contributed by atoms with Crippen LogP contribution in [0.4, 0.5) is 0 Å². The lowest BCUT2D eigenvalue weighted by Crippen LogP contribution is -2.24. The zero-order valence-electron chi connectivity index (χ0n) is 16.7. The van der Waals surface area contributed by atoms with Gasteiger partial charge in [0.25, 0.3) is 0 Å². The smallest absolute Gasteiger partial charge is 0.240 e. The van der Waals surface area contributed by atoms with Crippen LogP contribution in [0.15, 0.2) is 35.2 Å². The molecule has 154 valence electrons. The van der Waals surface area contributed by atoms with Crippen LogP contribution in [-0.4, -0.2) is 27.4 Å². The Morgan fingerprint density at radius 2 is 1.41 bits per heavy atom. The molecule has 0 aliphatic rings. The zero-order chi connectivity index (χ0) is 19.8. The molecule has 1 rings (SSSR count). The summed E-state index contributed by atoms with van der Waals surface area (Å²) in [5, 5.41) is 2.95. The largest absolute Gasteiger partial charge is 0.356 e. The number of rotatable bonds is 16. The monoisotopic (exact) mass is 396 g/mol. The Labute approximate surface area is 165 Å². The highest BCUT2D eigenvalue weighted by Gasteiger charge is 2.11. The number of hydrogen-bond donors (Lipinski definition) is 2. The molecule has 0 unspecified atom stereocenters. The van der Waals surface area contributed by atoms with Gasteiger partial charge in [0.15, 0.2) is 0 Å². The molecule has 0 aromatic heterocycles. The van der Waals surface area contributed by atoms with E-state index in [1.165, 1.54) is 19.3 Å². The van der Waals surface area contributed by atoms with Crippen LogP contribution in [0.2, 0.25) is 0 Å². The van der Waals surface area contributed by atoms with Gasteiger partial charge in [-0.05, 0) is 31.4 Å². The van der Waals surface area contributed by atoms with Crippen molar-refractivity contribution in [2.24, 2.45) is 0 Å². The summed E-state index contributed by atoms with van der Waals surface area (Å²) in [4.78, 5) is 11.9. The highest BCUT2D eigenvalue weighted by molar-refractivity contribution is 7.89. The molecule has 6 heteroatoms. The Morgan fingerprint density at radius 3 is 2.04 bits per heavy atom. The second-order valence-corrected chi connectivity index (χ2v) is 8.76. The van der Waals surface area contributed by atoms with E-state index in [-0.39, 0.29) is 5.91 Å². The van der Waals surface area contributed by atoms with Gasteiger partial charge in [0.1, 0.15) is 0 Å². The van der Waals surface area contributed by atoms with Crippen molar-refractivity contribution in [3.8, 4) is 0 Å². The summed E-state index contributed by atoms with van der Waals surface area (Å²) in [6, 6.07) is 8.48. The maximum absolute atomic E-state index is 12.0. The molecule has 0 spiro atoms. The Hall–Kier alpha value is -1.40. The van der Waals surface area contributed by atoms with Gasteiger partial charge < -0.3 is 5.32 Å². The highest BCUT2D eigenvalue weighted by atomic mass is 32.2. The average molecular weight is 397 g/mol. The number of hydrogen-bond acceptors (Lipinski definition) is 3. The fourth-order valence-corrected chi connectivity index (χ4v) is 3.95. The number of unbranched alkanes of at least 4 members (excludes halogenated alkanes) is 8. The molecule has 1 amide bonds. The molecule has 0 bridgehead atoms. The highest BCUT2D eigenvalue weighted by Crippen LogP contribution is 2.10. The fourth-order valence-electron chi connectivity index (χ4n) is 2.85. The lowest BCUT2D eigenvalue weighted by molar-refractivity contribution is -0.121. The minimum Gasteiger partial charge on any atom is -0.356 e. The van der Waals surface area contributed by atoms with Gasteiger partial charge in [-0.15, -0.1) is 0 Å². The number of carbonyl (C=O) groups excluding carboxylic acids is 1. The molecule has 1 aromatic carbocycles. The topological polar surface area (TPSA) is 75.3 Å². The van der Waals surface area contributed by atoms with Crippen LogP contribution in [0.5, 0.6) is 0 Å². The maximum atomic E-state index is 12.0. The Kier molecular flexibility index (Phi) is 12.8. The minimum absolute atomic E-state index is 0.182. The summed E-state index contributed by atoms with van der Waals surface area (Å²) in [6.45, 7) is 3.41. The summed E-state index contributed by atoms with van der Waals surface area (Å²) in [5.74, 6) is 0.182. The van der Waals surface area contributed by atoms with Crippen molar-refractivity contribution in [3.05, 3.63) is 30.3 Å². The number of amides is 1. The van der Waals surface area contributed by atoms with Crippen molar-refractivity contribution in [1.29, 1.82) is 0 Å². The van der Waals surface area contributed by atoms with Gasteiger partial charge in [-0.2, -0.15) is 0 Å². The number of benzene rings is 1. The molecule has 0 aliphatic heterocycles. The normalized spacial score (nSPS) is 11.4. The van der Waals surface area contributed by atoms with Crippen molar-refractivity contribution in [1.82, 2.24) is 10.0 Å². The van der Waals surface area contributed by atoms with E-state index in [0.29, 0.717) is 17.9 Å². The molecular formula is C21H36N2O3S. The first-order chi connectivity index (χ1) is 13.1. The van der Waals surface area contributed by atoms with Crippen LogP contribution < -0.4 is 10.0 Å². The van der Waals surface area contributed by atoms with E-state index in [4.69, 9.17) is 0 Å². The van der Waals surface area contributed by atoms with E-state index < -0.39 is 10.0 Å². The van der Waals surface area contributed by atoms with E-state index in [1.54, 1.807) is 30.3 Å². The fraction of sp³-hybridized carbons (Fsp3) is 0.667. The second kappa shape index (κ2) is 14.6. The summed E-state index contributed by atoms with van der Waals surface area (Å²) < 4.78 is 26.8. The summed E-state index contributed by atoms with van der Waals surface area (Å²) in [5.41, 5.74) is 0. The lowest BCUT2D eigenvalue weighted by Gasteiger charge is -2.07. The molecule has 5 nitrogen and oxygen atoms in total. The first-order valence-electron chi connectivity index (χ1n) is 10.4. The van der Waals surface area contributed by atoms with E-state index in [0.717, 1.165) is 51.5 Å².